The minimum Gasteiger partial charge on any atom is -0.311 e. The molecule has 0 bridgehead atoms. The van der Waals surface area contributed by atoms with Crippen LogP contribution in [0.4, 0.5) is 0 Å². The summed E-state index contributed by atoms with van der Waals surface area (Å²) in [6, 6.07) is 0. The van der Waals surface area contributed by atoms with E-state index < -0.39 is 0 Å². The fraction of sp³-hybridized carbons (Fsp3) is 1.00. The van der Waals surface area contributed by atoms with Gasteiger partial charge in [-0.05, 0) is 25.2 Å². The van der Waals surface area contributed by atoms with Crippen molar-refractivity contribution in [1.29, 1.82) is 0 Å². The van der Waals surface area contributed by atoms with Gasteiger partial charge >= 0.3 is 0 Å². The fourth-order valence-electron chi connectivity index (χ4n) is 2.63. The quantitative estimate of drug-likeness (QED) is 0.585. The Morgan fingerprint density at radius 1 is 1.50 bits per heavy atom. The van der Waals surface area contributed by atoms with E-state index >= 15 is 0 Å². The molecule has 1 saturated carbocycles. The number of rotatable bonds is 1. The van der Waals surface area contributed by atoms with Gasteiger partial charge in [0.15, 0.2) is 0 Å². The standard InChI is InChI=1S/C9H17N/c1-2-9-6-4-3-5-8(9)7-10-9/h8,10H,2-7H2,1H3. The van der Waals surface area contributed by atoms with Crippen molar-refractivity contribution in [3.05, 3.63) is 0 Å². The Bertz CT molecular complexity index is 129. The Kier molecular flexibility index (Phi) is 1.48. The van der Waals surface area contributed by atoms with E-state index in [2.05, 4.69) is 12.2 Å². The van der Waals surface area contributed by atoms with Crippen LogP contribution in [-0.2, 0) is 0 Å². The minimum atomic E-state index is 0.609. The summed E-state index contributed by atoms with van der Waals surface area (Å²) >= 11 is 0. The molecule has 2 atom stereocenters. The van der Waals surface area contributed by atoms with Crippen LogP contribution in [0, 0.1) is 5.92 Å². The average Bonchev–Trinajstić information content (AvgIpc) is 1.93. The van der Waals surface area contributed by atoms with E-state index in [4.69, 9.17) is 0 Å². The van der Waals surface area contributed by atoms with E-state index in [0.29, 0.717) is 5.54 Å². The van der Waals surface area contributed by atoms with Crippen LogP contribution in [0.15, 0.2) is 0 Å². The van der Waals surface area contributed by atoms with Crippen molar-refractivity contribution in [1.82, 2.24) is 5.32 Å². The zero-order valence-electron chi connectivity index (χ0n) is 6.82. The maximum absolute atomic E-state index is 3.61. The molecule has 0 aromatic rings. The van der Waals surface area contributed by atoms with E-state index in [1.54, 1.807) is 0 Å². The number of hydrogen-bond donors (Lipinski definition) is 1. The van der Waals surface area contributed by atoms with E-state index in [9.17, 15) is 0 Å². The molecule has 2 fully saturated rings. The van der Waals surface area contributed by atoms with Crippen molar-refractivity contribution in [2.24, 2.45) is 5.92 Å². The molecule has 0 spiro atoms. The Balaban J connectivity index is 2.04. The van der Waals surface area contributed by atoms with Gasteiger partial charge in [-0.15, -0.1) is 0 Å². The van der Waals surface area contributed by atoms with Crippen molar-refractivity contribution in [2.75, 3.05) is 6.54 Å². The predicted octanol–water partition coefficient (Wildman–Crippen LogP) is 1.93. The predicted molar refractivity (Wildman–Crippen MR) is 43.0 cm³/mol. The fourth-order valence-corrected chi connectivity index (χ4v) is 2.63. The first-order valence-corrected chi connectivity index (χ1v) is 4.62. The highest BCUT2D eigenvalue weighted by Crippen LogP contribution is 2.41. The average molecular weight is 139 g/mol. The SMILES string of the molecule is CCC12CCCCC1CN2. The molecule has 1 heteroatoms. The van der Waals surface area contributed by atoms with Crippen LogP contribution in [0.2, 0.25) is 0 Å². The third-order valence-corrected chi connectivity index (χ3v) is 3.54. The number of fused-ring (bicyclic) bond motifs is 1. The Labute approximate surface area is 63.2 Å². The molecule has 0 aromatic carbocycles. The highest BCUT2D eigenvalue weighted by atomic mass is 15.1. The number of hydrogen-bond acceptors (Lipinski definition) is 1. The van der Waals surface area contributed by atoms with E-state index in [1.165, 1.54) is 38.6 Å². The third kappa shape index (κ3) is 0.731. The smallest absolute Gasteiger partial charge is 0.0219 e. The molecular weight excluding hydrogens is 122 g/mol. The third-order valence-electron chi connectivity index (χ3n) is 3.54. The van der Waals surface area contributed by atoms with Crippen molar-refractivity contribution < 1.29 is 0 Å². The summed E-state index contributed by atoms with van der Waals surface area (Å²) in [7, 11) is 0. The molecule has 1 aliphatic carbocycles. The van der Waals surface area contributed by atoms with Crippen molar-refractivity contribution in [2.45, 2.75) is 44.6 Å². The largest absolute Gasteiger partial charge is 0.311 e. The molecule has 2 unspecified atom stereocenters. The van der Waals surface area contributed by atoms with Gasteiger partial charge in [0.05, 0.1) is 0 Å². The summed E-state index contributed by atoms with van der Waals surface area (Å²) in [6.07, 6.45) is 7.21. The molecular formula is C9H17N. The monoisotopic (exact) mass is 139 g/mol. The molecule has 1 saturated heterocycles. The van der Waals surface area contributed by atoms with Gasteiger partial charge in [0.25, 0.3) is 0 Å². The summed E-state index contributed by atoms with van der Waals surface area (Å²) in [5.41, 5.74) is 0.609. The van der Waals surface area contributed by atoms with Crippen molar-refractivity contribution in [3.63, 3.8) is 0 Å². The van der Waals surface area contributed by atoms with Gasteiger partial charge in [-0.25, -0.2) is 0 Å². The van der Waals surface area contributed by atoms with Gasteiger partial charge in [0, 0.05) is 12.1 Å². The van der Waals surface area contributed by atoms with Crippen LogP contribution < -0.4 is 5.32 Å². The van der Waals surface area contributed by atoms with Crippen LogP contribution in [-0.4, -0.2) is 12.1 Å². The van der Waals surface area contributed by atoms with E-state index in [-0.39, 0.29) is 0 Å². The zero-order valence-corrected chi connectivity index (χ0v) is 6.82. The van der Waals surface area contributed by atoms with E-state index in [0.717, 1.165) is 5.92 Å². The Morgan fingerprint density at radius 2 is 2.40 bits per heavy atom. The molecule has 10 heavy (non-hydrogen) atoms. The second-order valence-electron chi connectivity index (χ2n) is 3.83. The summed E-state index contributed by atoms with van der Waals surface area (Å²) in [5.74, 6) is 1.03. The first-order valence-electron chi connectivity index (χ1n) is 4.62. The highest BCUT2D eigenvalue weighted by molar-refractivity contribution is 5.04. The summed E-state index contributed by atoms with van der Waals surface area (Å²) < 4.78 is 0. The lowest BCUT2D eigenvalue weighted by Gasteiger charge is -2.53. The molecule has 1 aliphatic heterocycles. The normalized spacial score (nSPS) is 45.9. The lowest BCUT2D eigenvalue weighted by molar-refractivity contribution is 0.0473. The molecule has 1 nitrogen and oxygen atoms in total. The molecule has 1 N–H and O–H groups in total. The maximum Gasteiger partial charge on any atom is 0.0219 e. The molecule has 0 aromatic heterocycles. The van der Waals surface area contributed by atoms with E-state index in [1.807, 2.05) is 0 Å². The van der Waals surface area contributed by atoms with Crippen molar-refractivity contribution in [3.8, 4) is 0 Å². The van der Waals surface area contributed by atoms with Crippen LogP contribution in [0.3, 0.4) is 0 Å². The molecule has 2 rings (SSSR count). The Hall–Kier alpha value is -0.0400. The van der Waals surface area contributed by atoms with Crippen LogP contribution >= 0.6 is 0 Å². The van der Waals surface area contributed by atoms with Gasteiger partial charge in [-0.2, -0.15) is 0 Å². The summed E-state index contributed by atoms with van der Waals surface area (Å²) in [6.45, 7) is 3.62. The van der Waals surface area contributed by atoms with Gasteiger partial charge in [0.1, 0.15) is 0 Å². The van der Waals surface area contributed by atoms with Crippen LogP contribution in [0.1, 0.15) is 39.0 Å². The second-order valence-corrected chi connectivity index (χ2v) is 3.83. The molecule has 58 valence electrons. The molecule has 1 heterocycles. The maximum atomic E-state index is 3.61. The number of nitrogens with one attached hydrogen (secondary N) is 1. The molecule has 0 radical (unpaired) electrons. The highest BCUT2D eigenvalue weighted by Gasteiger charge is 2.45. The second kappa shape index (κ2) is 2.23. The minimum absolute atomic E-state index is 0.609. The van der Waals surface area contributed by atoms with Gasteiger partial charge < -0.3 is 5.32 Å². The van der Waals surface area contributed by atoms with Gasteiger partial charge in [0.2, 0.25) is 0 Å². The zero-order chi connectivity index (χ0) is 7.03. The topological polar surface area (TPSA) is 12.0 Å². The first-order chi connectivity index (χ1) is 4.87. The van der Waals surface area contributed by atoms with Gasteiger partial charge in [-0.1, -0.05) is 19.8 Å². The molecule has 2 aliphatic rings. The lowest BCUT2D eigenvalue weighted by Crippen LogP contribution is -2.65. The van der Waals surface area contributed by atoms with Gasteiger partial charge in [-0.3, -0.25) is 0 Å². The summed E-state index contributed by atoms with van der Waals surface area (Å²) in [4.78, 5) is 0. The van der Waals surface area contributed by atoms with Crippen LogP contribution in [0.25, 0.3) is 0 Å². The van der Waals surface area contributed by atoms with Crippen LogP contribution in [0.5, 0.6) is 0 Å². The lowest BCUT2D eigenvalue weighted by atomic mass is 9.66. The molecule has 0 amide bonds. The summed E-state index contributed by atoms with van der Waals surface area (Å²) in [5, 5.41) is 3.61. The first kappa shape index (κ1) is 6.66. The Morgan fingerprint density at radius 3 is 2.80 bits per heavy atom. The van der Waals surface area contributed by atoms with Crippen molar-refractivity contribution >= 4 is 0 Å².